The normalized spacial score (nSPS) is 19.8. The molecule has 1 saturated heterocycles. The topological polar surface area (TPSA) is 93.3 Å². The van der Waals surface area contributed by atoms with Crippen molar-refractivity contribution in [3.8, 4) is 0 Å². The van der Waals surface area contributed by atoms with Gasteiger partial charge in [-0.25, -0.2) is 0 Å². The van der Waals surface area contributed by atoms with Crippen molar-refractivity contribution in [3.63, 3.8) is 0 Å². The summed E-state index contributed by atoms with van der Waals surface area (Å²) in [6.07, 6.45) is 6.22. The zero-order chi connectivity index (χ0) is 18.9. The van der Waals surface area contributed by atoms with Crippen LogP contribution in [0.2, 0.25) is 0 Å². The maximum atomic E-state index is 13.0. The summed E-state index contributed by atoms with van der Waals surface area (Å²) in [5, 5.41) is 22.3. The number of nitrogens with one attached hydrogen (secondary N) is 1. The highest BCUT2D eigenvalue weighted by Gasteiger charge is 2.57. The molecule has 10 heteroatoms. The molecule has 1 aliphatic carbocycles. The fraction of sp³-hybridized carbons (Fsp3) is 0.556. The second kappa shape index (κ2) is 8.59. The Morgan fingerprint density at radius 1 is 1.46 bits per heavy atom. The smallest absolute Gasteiger partial charge is 0.306 e. The molecular weight excluding hydrogens is 402 g/mol. The van der Waals surface area contributed by atoms with Gasteiger partial charge in [0, 0.05) is 25.6 Å². The lowest BCUT2D eigenvalue weighted by Crippen LogP contribution is -2.39. The van der Waals surface area contributed by atoms with Gasteiger partial charge in [-0.1, -0.05) is 0 Å². The minimum atomic E-state index is -0.473. The molecule has 3 heterocycles. The molecule has 1 aliphatic heterocycles. The van der Waals surface area contributed by atoms with Crippen LogP contribution in [0.5, 0.6) is 0 Å². The van der Waals surface area contributed by atoms with Gasteiger partial charge in [0.05, 0.1) is 4.92 Å². The van der Waals surface area contributed by atoms with Crippen molar-refractivity contribution in [2.24, 2.45) is 5.41 Å². The van der Waals surface area contributed by atoms with E-state index in [1.807, 2.05) is 10.3 Å². The molecule has 2 aromatic heterocycles. The minimum Gasteiger partial charge on any atom is -0.335 e. The van der Waals surface area contributed by atoms with Crippen molar-refractivity contribution < 1.29 is 9.72 Å². The number of halogens is 1. The first-order chi connectivity index (χ1) is 13.1. The second-order valence-corrected chi connectivity index (χ2v) is 8.23. The number of rotatable bonds is 7. The fourth-order valence-electron chi connectivity index (χ4n) is 4.10. The van der Waals surface area contributed by atoms with Crippen molar-refractivity contribution in [1.29, 1.82) is 0 Å². The Morgan fingerprint density at radius 3 is 2.89 bits per heavy atom. The van der Waals surface area contributed by atoms with Crippen LogP contribution in [0.25, 0.3) is 0 Å². The molecule has 152 valence electrons. The van der Waals surface area contributed by atoms with Gasteiger partial charge in [-0.3, -0.25) is 19.6 Å². The summed E-state index contributed by atoms with van der Waals surface area (Å²) in [4.78, 5) is 25.4. The van der Waals surface area contributed by atoms with Gasteiger partial charge in [-0.2, -0.15) is 16.4 Å². The largest absolute Gasteiger partial charge is 0.335 e. The number of amides is 1. The first-order valence-corrected chi connectivity index (χ1v) is 10.2. The first kappa shape index (κ1) is 20.8. The highest BCUT2D eigenvalue weighted by atomic mass is 35.5. The molecule has 1 saturated carbocycles. The molecule has 8 nitrogen and oxygen atoms in total. The zero-order valence-corrected chi connectivity index (χ0v) is 17.1. The number of piperidine rings is 1. The molecule has 2 aliphatic rings. The predicted molar refractivity (Wildman–Crippen MR) is 109 cm³/mol. The van der Waals surface area contributed by atoms with E-state index in [9.17, 15) is 14.9 Å². The monoisotopic (exact) mass is 425 g/mol. The molecule has 28 heavy (non-hydrogen) atoms. The lowest BCUT2D eigenvalue weighted by molar-refractivity contribution is -0.385. The summed E-state index contributed by atoms with van der Waals surface area (Å²) < 4.78 is 1.48. The highest BCUT2D eigenvalue weighted by molar-refractivity contribution is 7.07. The van der Waals surface area contributed by atoms with Crippen molar-refractivity contribution in [3.05, 3.63) is 44.9 Å². The van der Waals surface area contributed by atoms with Crippen LogP contribution in [0.1, 0.15) is 31.2 Å². The number of hydrogen-bond donors (Lipinski definition) is 1. The molecule has 1 spiro atoms. The Hall–Kier alpha value is -1.97. The molecule has 0 bridgehead atoms. The molecule has 1 amide bonds. The van der Waals surface area contributed by atoms with Crippen LogP contribution in [0.3, 0.4) is 0 Å². The standard InChI is InChI=1S/C18H23N5O3S.ClH/c24-17(1-7-21-12-15(10-20-21)23(25)26)22(11-14-2-8-27-13-14)16-9-18(16)3-5-19-6-4-18;/h2,8,10,12-13,16,19H,1,3-7,9,11H2;1H. The van der Waals surface area contributed by atoms with Gasteiger partial charge >= 0.3 is 5.69 Å². The third-order valence-electron chi connectivity index (χ3n) is 5.76. The Labute approximate surface area is 173 Å². The molecule has 4 rings (SSSR count). The van der Waals surface area contributed by atoms with Gasteiger partial charge < -0.3 is 10.2 Å². The van der Waals surface area contributed by atoms with Crippen LogP contribution in [0.4, 0.5) is 5.69 Å². The van der Waals surface area contributed by atoms with E-state index in [1.165, 1.54) is 22.6 Å². The van der Waals surface area contributed by atoms with E-state index in [0.29, 0.717) is 25.6 Å². The third kappa shape index (κ3) is 4.37. The van der Waals surface area contributed by atoms with E-state index in [-0.39, 0.29) is 29.4 Å². The van der Waals surface area contributed by atoms with Gasteiger partial charge in [0.2, 0.25) is 5.91 Å². The van der Waals surface area contributed by atoms with E-state index in [2.05, 4.69) is 21.9 Å². The summed E-state index contributed by atoms with van der Waals surface area (Å²) in [5.41, 5.74) is 1.40. The van der Waals surface area contributed by atoms with Crippen LogP contribution in [-0.2, 0) is 17.9 Å². The van der Waals surface area contributed by atoms with E-state index >= 15 is 0 Å². The average molecular weight is 426 g/mol. The van der Waals surface area contributed by atoms with Gasteiger partial charge in [0.1, 0.15) is 12.4 Å². The molecule has 1 atom stereocenters. The Bertz CT molecular complexity index is 819. The highest BCUT2D eigenvalue weighted by Crippen LogP contribution is 2.56. The number of carbonyl (C=O) groups excluding carboxylic acids is 1. The second-order valence-electron chi connectivity index (χ2n) is 7.45. The Kier molecular flexibility index (Phi) is 6.36. The number of nitro groups is 1. The van der Waals surface area contributed by atoms with Gasteiger partial charge in [-0.05, 0) is 60.2 Å². The predicted octanol–water partition coefficient (Wildman–Crippen LogP) is 2.84. The summed E-state index contributed by atoms with van der Waals surface area (Å²) in [7, 11) is 0. The molecule has 0 radical (unpaired) electrons. The molecule has 2 aromatic rings. The lowest BCUT2D eigenvalue weighted by atomic mass is 9.93. The number of carbonyl (C=O) groups is 1. The van der Waals surface area contributed by atoms with Crippen molar-refractivity contribution in [1.82, 2.24) is 20.0 Å². The fourth-order valence-corrected chi connectivity index (χ4v) is 4.76. The molecule has 2 fully saturated rings. The van der Waals surface area contributed by atoms with E-state index < -0.39 is 4.92 Å². The number of nitrogens with zero attached hydrogens (tertiary/aromatic N) is 4. The lowest BCUT2D eigenvalue weighted by Gasteiger charge is -2.29. The third-order valence-corrected chi connectivity index (χ3v) is 6.49. The van der Waals surface area contributed by atoms with E-state index in [0.717, 1.165) is 32.4 Å². The average Bonchev–Trinajstić information content (AvgIpc) is 3.08. The number of aromatic nitrogens is 2. The maximum absolute atomic E-state index is 13.0. The van der Waals surface area contributed by atoms with E-state index in [1.54, 1.807) is 11.3 Å². The summed E-state index contributed by atoms with van der Waals surface area (Å²) in [5.74, 6) is 0.0970. The molecule has 1 N–H and O–H groups in total. The number of aryl methyl sites for hydroxylation is 1. The summed E-state index contributed by atoms with van der Waals surface area (Å²) >= 11 is 1.64. The van der Waals surface area contributed by atoms with Crippen molar-refractivity contribution >= 4 is 35.3 Å². The number of thiophene rings is 1. The Morgan fingerprint density at radius 2 is 2.25 bits per heavy atom. The number of hydrogen-bond acceptors (Lipinski definition) is 6. The van der Waals surface area contributed by atoms with Crippen LogP contribution in [0, 0.1) is 15.5 Å². The van der Waals surface area contributed by atoms with Crippen LogP contribution in [0.15, 0.2) is 29.2 Å². The van der Waals surface area contributed by atoms with Crippen LogP contribution < -0.4 is 5.32 Å². The first-order valence-electron chi connectivity index (χ1n) is 9.25. The summed E-state index contributed by atoms with van der Waals surface area (Å²) in [6.45, 7) is 3.04. The molecular formula is C18H24ClN5O3S. The zero-order valence-electron chi connectivity index (χ0n) is 15.5. The quantitative estimate of drug-likeness (QED) is 0.543. The van der Waals surface area contributed by atoms with Gasteiger partial charge in [-0.15, -0.1) is 12.4 Å². The van der Waals surface area contributed by atoms with Crippen LogP contribution in [-0.4, -0.2) is 44.6 Å². The van der Waals surface area contributed by atoms with E-state index in [4.69, 9.17) is 0 Å². The van der Waals surface area contributed by atoms with Gasteiger partial charge in [0.15, 0.2) is 0 Å². The minimum absolute atomic E-state index is 0. The molecule has 0 aromatic carbocycles. The summed E-state index contributed by atoms with van der Waals surface area (Å²) in [6, 6.07) is 2.37. The van der Waals surface area contributed by atoms with Gasteiger partial charge in [0.25, 0.3) is 0 Å². The Balaban J connectivity index is 0.00000225. The van der Waals surface area contributed by atoms with Crippen molar-refractivity contribution in [2.75, 3.05) is 13.1 Å². The maximum Gasteiger partial charge on any atom is 0.306 e. The van der Waals surface area contributed by atoms with Crippen molar-refractivity contribution in [2.45, 2.75) is 44.8 Å². The molecule has 1 unspecified atom stereocenters. The SMILES string of the molecule is Cl.O=C(CCn1cc([N+](=O)[O-])cn1)N(Cc1ccsc1)C1CC12CCNCC2. The van der Waals surface area contributed by atoms with Crippen LogP contribution >= 0.6 is 23.7 Å².